The Morgan fingerprint density at radius 3 is 2.19 bits per heavy atom. The van der Waals surface area contributed by atoms with Gasteiger partial charge >= 0.3 is 0 Å². The van der Waals surface area contributed by atoms with Gasteiger partial charge in [0.25, 0.3) is 0 Å². The first kappa shape index (κ1) is 21.1. The third-order valence-corrected chi connectivity index (χ3v) is 5.33. The van der Waals surface area contributed by atoms with Gasteiger partial charge in [-0.1, -0.05) is 0 Å². The first-order valence-electron chi connectivity index (χ1n) is 9.35. The van der Waals surface area contributed by atoms with Crippen molar-refractivity contribution in [1.82, 2.24) is 0 Å². The van der Waals surface area contributed by atoms with E-state index in [-0.39, 0.29) is 28.0 Å². The summed E-state index contributed by atoms with van der Waals surface area (Å²) >= 11 is 0. The van der Waals surface area contributed by atoms with E-state index < -0.39 is 54.1 Å². The number of aliphatic hydroxyl groups is 4. The molecule has 0 saturated carbocycles. The summed E-state index contributed by atoms with van der Waals surface area (Å²) < 4.78 is 11.3. The van der Waals surface area contributed by atoms with E-state index in [0.717, 1.165) is 12.1 Å². The third kappa shape index (κ3) is 3.50. The zero-order chi connectivity index (χ0) is 22.4. The minimum absolute atomic E-state index is 0.0100. The molecule has 164 valence electrons. The summed E-state index contributed by atoms with van der Waals surface area (Å²) in [5.74, 6) is -1.15. The van der Waals surface area contributed by atoms with Crippen LogP contribution in [0.25, 0.3) is 22.3 Å². The molecule has 3 aromatic rings. The first-order valence-corrected chi connectivity index (χ1v) is 9.35. The van der Waals surface area contributed by atoms with Crippen LogP contribution in [0.5, 0.6) is 17.2 Å². The SMILES string of the molecule is O=c1cc(-c2ccc(O)cc2)oc2c([C@H]3O[C@@H](CO)[C@@H](O)[C@H](O)[C@H]3O)c(O)cc(O)c12. The van der Waals surface area contributed by atoms with Crippen LogP contribution in [0.4, 0.5) is 0 Å². The van der Waals surface area contributed by atoms with E-state index in [1.165, 1.54) is 24.3 Å². The molecule has 0 radical (unpaired) electrons. The average Bonchev–Trinajstić information content (AvgIpc) is 2.73. The maximum Gasteiger partial charge on any atom is 0.197 e. The van der Waals surface area contributed by atoms with Gasteiger partial charge in [-0.2, -0.15) is 0 Å². The number of aliphatic hydroxyl groups excluding tert-OH is 4. The lowest BCUT2D eigenvalue weighted by Gasteiger charge is -2.40. The summed E-state index contributed by atoms with van der Waals surface area (Å²) in [6, 6.07) is 7.69. The Balaban J connectivity index is 1.96. The van der Waals surface area contributed by atoms with Crippen LogP contribution in [-0.4, -0.2) is 66.8 Å². The largest absolute Gasteiger partial charge is 0.508 e. The highest BCUT2D eigenvalue weighted by Crippen LogP contribution is 2.43. The number of benzene rings is 2. The lowest BCUT2D eigenvalue weighted by atomic mass is 9.89. The molecule has 2 heterocycles. The predicted octanol–water partition coefficient (Wildman–Crippen LogP) is 0.0917. The Morgan fingerprint density at radius 1 is 0.871 bits per heavy atom. The van der Waals surface area contributed by atoms with Crippen molar-refractivity contribution in [2.45, 2.75) is 30.5 Å². The monoisotopic (exact) mass is 432 g/mol. The molecule has 10 heteroatoms. The summed E-state index contributed by atoms with van der Waals surface area (Å²) in [6.07, 6.45) is -7.87. The molecule has 1 aliphatic rings. The molecule has 1 aliphatic heterocycles. The molecule has 0 unspecified atom stereocenters. The van der Waals surface area contributed by atoms with Crippen molar-refractivity contribution < 1.29 is 44.9 Å². The number of phenols is 3. The zero-order valence-electron chi connectivity index (χ0n) is 15.9. The number of phenolic OH excluding ortho intramolecular Hbond substituents is 3. The second-order valence-corrected chi connectivity index (χ2v) is 7.30. The topological polar surface area (TPSA) is 181 Å². The Bertz CT molecular complexity index is 1170. The van der Waals surface area contributed by atoms with Crippen LogP contribution in [0, 0.1) is 0 Å². The number of rotatable bonds is 3. The first-order chi connectivity index (χ1) is 14.7. The van der Waals surface area contributed by atoms with Gasteiger partial charge < -0.3 is 44.9 Å². The van der Waals surface area contributed by atoms with E-state index in [2.05, 4.69) is 0 Å². The Labute approximate surface area is 174 Å². The van der Waals surface area contributed by atoms with Crippen LogP contribution < -0.4 is 5.43 Å². The quantitative estimate of drug-likeness (QED) is 0.300. The highest BCUT2D eigenvalue weighted by atomic mass is 16.5. The summed E-state index contributed by atoms with van der Waals surface area (Å²) in [6.45, 7) is -0.694. The van der Waals surface area contributed by atoms with E-state index in [1.807, 2.05) is 0 Å². The maximum atomic E-state index is 12.7. The lowest BCUT2D eigenvalue weighted by molar-refractivity contribution is -0.231. The van der Waals surface area contributed by atoms with Crippen molar-refractivity contribution in [1.29, 1.82) is 0 Å². The number of hydrogen-bond acceptors (Lipinski definition) is 10. The fraction of sp³-hybridized carbons (Fsp3) is 0.286. The normalized spacial score (nSPS) is 26.3. The van der Waals surface area contributed by atoms with E-state index in [0.29, 0.717) is 5.56 Å². The highest BCUT2D eigenvalue weighted by Gasteiger charge is 2.46. The van der Waals surface area contributed by atoms with Gasteiger partial charge in [0, 0.05) is 17.7 Å². The second-order valence-electron chi connectivity index (χ2n) is 7.30. The molecule has 2 aromatic carbocycles. The van der Waals surface area contributed by atoms with Gasteiger partial charge in [0.15, 0.2) is 11.0 Å². The number of fused-ring (bicyclic) bond motifs is 1. The number of aromatic hydroxyl groups is 3. The van der Waals surface area contributed by atoms with Crippen LogP contribution in [0.3, 0.4) is 0 Å². The van der Waals surface area contributed by atoms with E-state index in [4.69, 9.17) is 9.15 Å². The van der Waals surface area contributed by atoms with Crippen LogP contribution in [0.2, 0.25) is 0 Å². The zero-order valence-corrected chi connectivity index (χ0v) is 15.9. The summed E-state index contributed by atoms with van der Waals surface area (Å²) in [4.78, 5) is 12.7. The van der Waals surface area contributed by atoms with Crippen LogP contribution in [0.15, 0.2) is 45.6 Å². The molecule has 5 atom stereocenters. The van der Waals surface area contributed by atoms with E-state index in [1.54, 1.807) is 0 Å². The molecule has 0 spiro atoms. The molecule has 31 heavy (non-hydrogen) atoms. The molecular formula is C21H20O10. The van der Waals surface area contributed by atoms with Gasteiger partial charge in [0.05, 0.1) is 12.2 Å². The fourth-order valence-corrected chi connectivity index (χ4v) is 3.70. The number of ether oxygens (including phenoxy) is 1. The molecule has 0 amide bonds. The standard InChI is InChI=1S/C21H20O10/c22-7-14-17(27)18(28)19(29)21(31-14)16-11(25)5-10(24)15-12(26)6-13(30-20(15)16)8-1-3-9(23)4-2-8/h1-6,14,17-19,21-25,27-29H,7H2/t14-,17+,18-,19+,21+/m0/s1. The molecule has 1 fully saturated rings. The van der Waals surface area contributed by atoms with Crippen molar-refractivity contribution >= 4 is 11.0 Å². The van der Waals surface area contributed by atoms with Crippen molar-refractivity contribution in [2.75, 3.05) is 6.61 Å². The summed E-state index contributed by atoms with van der Waals surface area (Å²) in [5.41, 5.74) is -0.813. The maximum absolute atomic E-state index is 12.7. The minimum Gasteiger partial charge on any atom is -0.508 e. The van der Waals surface area contributed by atoms with Gasteiger partial charge in [-0.15, -0.1) is 0 Å². The number of hydrogen-bond donors (Lipinski definition) is 7. The summed E-state index contributed by atoms with van der Waals surface area (Å²) in [5, 5.41) is 70.0. The molecule has 7 N–H and O–H groups in total. The van der Waals surface area contributed by atoms with Gasteiger partial charge in [-0.25, -0.2) is 0 Å². The average molecular weight is 432 g/mol. The molecule has 1 saturated heterocycles. The van der Waals surface area contributed by atoms with Crippen molar-refractivity contribution in [3.8, 4) is 28.6 Å². The molecule has 10 nitrogen and oxygen atoms in total. The predicted molar refractivity (Wildman–Crippen MR) is 106 cm³/mol. The Morgan fingerprint density at radius 2 is 1.55 bits per heavy atom. The highest BCUT2D eigenvalue weighted by molar-refractivity contribution is 5.89. The molecule has 0 bridgehead atoms. The lowest BCUT2D eigenvalue weighted by Crippen LogP contribution is -2.55. The second kappa shape index (κ2) is 7.84. The molecule has 1 aromatic heterocycles. The van der Waals surface area contributed by atoms with Crippen molar-refractivity contribution in [3.63, 3.8) is 0 Å². The smallest absolute Gasteiger partial charge is 0.197 e. The van der Waals surface area contributed by atoms with E-state index in [9.17, 15) is 40.5 Å². The van der Waals surface area contributed by atoms with Gasteiger partial charge in [0.2, 0.25) is 0 Å². The van der Waals surface area contributed by atoms with E-state index >= 15 is 0 Å². The Hall–Kier alpha value is -3.15. The molecular weight excluding hydrogens is 412 g/mol. The summed E-state index contributed by atoms with van der Waals surface area (Å²) in [7, 11) is 0. The van der Waals surface area contributed by atoms with Crippen molar-refractivity contribution in [2.24, 2.45) is 0 Å². The van der Waals surface area contributed by atoms with Gasteiger partial charge in [0.1, 0.15) is 58.9 Å². The fourth-order valence-electron chi connectivity index (χ4n) is 3.70. The minimum atomic E-state index is -1.75. The third-order valence-electron chi connectivity index (χ3n) is 5.33. The molecule has 4 rings (SSSR count). The van der Waals surface area contributed by atoms with Crippen LogP contribution >= 0.6 is 0 Å². The van der Waals surface area contributed by atoms with Gasteiger partial charge in [-0.3, -0.25) is 4.79 Å². The Kier molecular flexibility index (Phi) is 5.33. The van der Waals surface area contributed by atoms with Gasteiger partial charge in [-0.05, 0) is 24.3 Å². The van der Waals surface area contributed by atoms with Crippen LogP contribution in [0.1, 0.15) is 11.7 Å². The van der Waals surface area contributed by atoms with Crippen molar-refractivity contribution in [3.05, 3.63) is 52.2 Å². The van der Waals surface area contributed by atoms with Crippen LogP contribution in [-0.2, 0) is 4.74 Å². The molecule has 0 aliphatic carbocycles.